The highest BCUT2D eigenvalue weighted by molar-refractivity contribution is 8.74. The SMILES string of the molecule is CC(C)OCC(=O)NCCCCCOCCOCCCCCOCC(F)CNC(=O)SS. The Kier molecular flexibility index (Phi) is 23.1. The van der Waals surface area contributed by atoms with Crippen molar-refractivity contribution in [3.05, 3.63) is 0 Å². The number of carbonyl (C=O) groups is 2. The summed E-state index contributed by atoms with van der Waals surface area (Å²) in [6.45, 7) is 7.51. The molecule has 2 amide bonds. The largest absolute Gasteiger partial charge is 0.379 e. The Morgan fingerprint density at radius 2 is 1.47 bits per heavy atom. The summed E-state index contributed by atoms with van der Waals surface area (Å²) in [6, 6.07) is 0. The van der Waals surface area contributed by atoms with Gasteiger partial charge in [-0.1, -0.05) is 0 Å². The van der Waals surface area contributed by atoms with E-state index >= 15 is 0 Å². The molecule has 1 atom stereocenters. The number of hydrogen-bond acceptors (Lipinski definition) is 8. The van der Waals surface area contributed by atoms with Crippen LogP contribution in [-0.2, 0) is 23.7 Å². The molecule has 0 saturated heterocycles. The molecule has 1 unspecified atom stereocenters. The van der Waals surface area contributed by atoms with Gasteiger partial charge in [0.1, 0.15) is 12.8 Å². The van der Waals surface area contributed by atoms with Gasteiger partial charge in [-0.15, -0.1) is 11.7 Å². The molecule has 0 saturated carbocycles. The molecule has 0 bridgehead atoms. The topological polar surface area (TPSA) is 95.1 Å². The Morgan fingerprint density at radius 3 is 2.06 bits per heavy atom. The quantitative estimate of drug-likeness (QED) is 0.119. The molecule has 8 nitrogen and oxygen atoms in total. The second-order valence-corrected chi connectivity index (χ2v) is 8.59. The number of rotatable bonds is 22. The van der Waals surface area contributed by atoms with E-state index in [-0.39, 0.29) is 37.0 Å². The van der Waals surface area contributed by atoms with Crippen LogP contribution in [0.4, 0.5) is 9.18 Å². The second kappa shape index (κ2) is 23.6. The summed E-state index contributed by atoms with van der Waals surface area (Å²) in [5.74, 6) is -0.0702. The fourth-order valence-electron chi connectivity index (χ4n) is 2.43. The van der Waals surface area contributed by atoms with Gasteiger partial charge in [-0.2, -0.15) is 0 Å². The first kappa shape index (κ1) is 31.4. The lowest BCUT2D eigenvalue weighted by atomic mass is 10.2. The molecule has 0 heterocycles. The molecule has 0 aromatic rings. The molecule has 0 radical (unpaired) electrons. The summed E-state index contributed by atoms with van der Waals surface area (Å²) in [5, 5.41) is 4.86. The smallest absolute Gasteiger partial charge is 0.289 e. The lowest BCUT2D eigenvalue weighted by Gasteiger charge is -2.10. The van der Waals surface area contributed by atoms with Gasteiger partial charge in [0.15, 0.2) is 0 Å². The lowest BCUT2D eigenvalue weighted by molar-refractivity contribution is -0.127. The maximum absolute atomic E-state index is 13.4. The molecule has 11 heteroatoms. The molecule has 0 spiro atoms. The molecule has 32 heavy (non-hydrogen) atoms. The monoisotopic (exact) mass is 500 g/mol. The minimum absolute atomic E-state index is 0.0206. The molecule has 0 fully saturated rings. The predicted octanol–water partition coefficient (Wildman–Crippen LogP) is 3.54. The number of thiol groups is 1. The molecule has 0 aromatic carbocycles. The number of alkyl halides is 1. The third kappa shape index (κ3) is 24.1. The summed E-state index contributed by atoms with van der Waals surface area (Å²) < 4.78 is 35.0. The third-order valence-electron chi connectivity index (χ3n) is 4.13. The van der Waals surface area contributed by atoms with Gasteiger partial charge < -0.3 is 29.6 Å². The van der Waals surface area contributed by atoms with Gasteiger partial charge in [0.2, 0.25) is 5.91 Å². The van der Waals surface area contributed by atoms with E-state index in [9.17, 15) is 14.0 Å². The second-order valence-electron chi connectivity index (χ2n) is 7.49. The summed E-state index contributed by atoms with van der Waals surface area (Å²) >= 11 is 3.72. The minimum atomic E-state index is -1.21. The Balaban J connectivity index is 3.19. The zero-order chi connectivity index (χ0) is 23.9. The summed E-state index contributed by atoms with van der Waals surface area (Å²) in [7, 11) is 0.722. The van der Waals surface area contributed by atoms with Crippen molar-refractivity contribution in [2.45, 2.75) is 64.6 Å². The van der Waals surface area contributed by atoms with E-state index in [1.807, 2.05) is 13.8 Å². The predicted molar refractivity (Wildman–Crippen MR) is 129 cm³/mol. The Hall–Kier alpha value is -0.590. The maximum Gasteiger partial charge on any atom is 0.289 e. The minimum Gasteiger partial charge on any atom is -0.379 e. The van der Waals surface area contributed by atoms with Crippen LogP contribution in [0.5, 0.6) is 0 Å². The summed E-state index contributed by atoms with van der Waals surface area (Å²) in [4.78, 5) is 22.4. The number of halogens is 1. The van der Waals surface area contributed by atoms with Crippen LogP contribution in [-0.4, -0.2) is 82.8 Å². The van der Waals surface area contributed by atoms with E-state index in [0.29, 0.717) is 39.6 Å². The zero-order valence-electron chi connectivity index (χ0n) is 19.4. The van der Waals surface area contributed by atoms with Crippen molar-refractivity contribution in [1.82, 2.24) is 10.6 Å². The van der Waals surface area contributed by atoms with Crippen molar-refractivity contribution >= 4 is 33.6 Å². The highest BCUT2D eigenvalue weighted by Crippen LogP contribution is 2.05. The fraction of sp³-hybridized carbons (Fsp3) is 0.905. The highest BCUT2D eigenvalue weighted by Gasteiger charge is 2.08. The Morgan fingerprint density at radius 1 is 0.875 bits per heavy atom. The van der Waals surface area contributed by atoms with Crippen LogP contribution in [0, 0.1) is 0 Å². The van der Waals surface area contributed by atoms with Gasteiger partial charge in [-0.05, 0) is 52.4 Å². The summed E-state index contributed by atoms with van der Waals surface area (Å²) in [5.41, 5.74) is 0. The maximum atomic E-state index is 13.4. The molecule has 0 aliphatic carbocycles. The van der Waals surface area contributed by atoms with E-state index in [1.165, 1.54) is 0 Å². The van der Waals surface area contributed by atoms with Crippen molar-refractivity contribution in [3.63, 3.8) is 0 Å². The van der Waals surface area contributed by atoms with E-state index in [1.54, 1.807) is 0 Å². The van der Waals surface area contributed by atoms with Gasteiger partial charge in [-0.3, -0.25) is 9.59 Å². The normalized spacial score (nSPS) is 12.2. The van der Waals surface area contributed by atoms with E-state index in [2.05, 4.69) is 22.3 Å². The van der Waals surface area contributed by atoms with E-state index < -0.39 is 6.17 Å². The van der Waals surface area contributed by atoms with Gasteiger partial charge >= 0.3 is 0 Å². The van der Waals surface area contributed by atoms with Gasteiger partial charge in [-0.25, -0.2) is 4.39 Å². The van der Waals surface area contributed by atoms with Crippen LogP contribution in [0.25, 0.3) is 0 Å². The van der Waals surface area contributed by atoms with Crippen molar-refractivity contribution < 1.29 is 32.9 Å². The molecule has 190 valence electrons. The summed E-state index contributed by atoms with van der Waals surface area (Å²) in [6.07, 6.45) is 4.45. The number of ether oxygens (including phenoxy) is 4. The lowest BCUT2D eigenvalue weighted by Crippen LogP contribution is -2.29. The first-order chi connectivity index (χ1) is 15.5. The molecule has 0 aliphatic rings. The van der Waals surface area contributed by atoms with Crippen LogP contribution in [0.3, 0.4) is 0 Å². The third-order valence-corrected chi connectivity index (χ3v) is 4.94. The number of hydrogen-bond donors (Lipinski definition) is 3. The van der Waals surface area contributed by atoms with Gasteiger partial charge in [0.05, 0.1) is 32.5 Å². The first-order valence-electron chi connectivity index (χ1n) is 11.3. The number of unbranched alkanes of at least 4 members (excludes halogenated alkanes) is 4. The van der Waals surface area contributed by atoms with E-state index in [0.717, 1.165) is 49.3 Å². The van der Waals surface area contributed by atoms with Crippen LogP contribution in [0.2, 0.25) is 0 Å². The molecule has 0 rings (SSSR count). The average Bonchev–Trinajstić information content (AvgIpc) is 2.77. The van der Waals surface area contributed by atoms with Gasteiger partial charge in [0.25, 0.3) is 5.24 Å². The molecule has 0 aromatic heterocycles. The molecule has 2 N–H and O–H groups in total. The van der Waals surface area contributed by atoms with Crippen LogP contribution >= 0.6 is 22.5 Å². The number of nitrogens with one attached hydrogen (secondary N) is 2. The molecular formula is C21H41FN2O6S2. The Labute approximate surface area is 201 Å². The van der Waals surface area contributed by atoms with Crippen molar-refractivity contribution in [2.24, 2.45) is 0 Å². The van der Waals surface area contributed by atoms with E-state index in [4.69, 9.17) is 18.9 Å². The van der Waals surface area contributed by atoms with Crippen LogP contribution < -0.4 is 10.6 Å². The number of carbonyl (C=O) groups excluding carboxylic acids is 2. The Bertz CT molecular complexity index is 464. The highest BCUT2D eigenvalue weighted by atomic mass is 33.1. The van der Waals surface area contributed by atoms with Crippen LogP contribution in [0.1, 0.15) is 52.4 Å². The molecular weight excluding hydrogens is 459 g/mol. The van der Waals surface area contributed by atoms with Crippen molar-refractivity contribution in [3.8, 4) is 0 Å². The zero-order valence-corrected chi connectivity index (χ0v) is 21.2. The van der Waals surface area contributed by atoms with Crippen molar-refractivity contribution in [2.75, 3.05) is 59.3 Å². The fourth-order valence-corrected chi connectivity index (χ4v) is 2.77. The standard InChI is InChI=1S/C21H41FN2O6S2/c1-18(2)30-17-20(25)23-9-5-3-6-10-27-13-14-28-11-7-4-8-12-29-16-19(22)15-24-21(26)32-31/h18-19,31H,3-17H2,1-2H3,(H,23,25)(H,24,26). The van der Waals surface area contributed by atoms with Crippen molar-refractivity contribution in [1.29, 1.82) is 0 Å². The molecule has 0 aliphatic heterocycles. The average molecular weight is 501 g/mol. The van der Waals surface area contributed by atoms with Gasteiger partial charge in [0, 0.05) is 37.2 Å². The first-order valence-corrected chi connectivity index (χ1v) is 13.2. The van der Waals surface area contributed by atoms with Crippen LogP contribution in [0.15, 0.2) is 0 Å². The number of amides is 2.